The van der Waals surface area contributed by atoms with E-state index in [2.05, 4.69) is 5.32 Å². The van der Waals surface area contributed by atoms with Gasteiger partial charge >= 0.3 is 0 Å². The Hall–Kier alpha value is -3.22. The largest absolute Gasteiger partial charge is 0.496 e. The summed E-state index contributed by atoms with van der Waals surface area (Å²) in [5, 5.41) is 5.59. The molecule has 3 N–H and O–H groups in total. The second-order valence-electron chi connectivity index (χ2n) is 6.82. The summed E-state index contributed by atoms with van der Waals surface area (Å²) in [6, 6.07) is 7.50. The third-order valence-electron chi connectivity index (χ3n) is 5.03. The van der Waals surface area contributed by atoms with Crippen molar-refractivity contribution in [3.63, 3.8) is 0 Å². The SMILES string of the molecule is COc1cc2c(OCC3CCC(=O)N3)c3c(ccn3C)cc2cc1C(N)=O. The third-order valence-corrected chi connectivity index (χ3v) is 5.03. The number of carbonyl (C=O) groups is 2. The second kappa shape index (κ2) is 6.50. The van der Waals surface area contributed by atoms with Gasteiger partial charge in [-0.15, -0.1) is 0 Å². The summed E-state index contributed by atoms with van der Waals surface area (Å²) in [4.78, 5) is 23.2. The molecule has 140 valence electrons. The Bertz CT molecular complexity index is 1070. The Balaban J connectivity index is 1.87. The summed E-state index contributed by atoms with van der Waals surface area (Å²) in [5.74, 6) is 0.615. The van der Waals surface area contributed by atoms with Gasteiger partial charge in [-0.05, 0) is 36.1 Å². The van der Waals surface area contributed by atoms with Crippen LogP contribution in [0.3, 0.4) is 0 Å². The van der Waals surface area contributed by atoms with Gasteiger partial charge in [0.05, 0.1) is 24.2 Å². The van der Waals surface area contributed by atoms with Crippen LogP contribution in [0.15, 0.2) is 30.5 Å². The van der Waals surface area contributed by atoms with E-state index in [0.29, 0.717) is 30.1 Å². The van der Waals surface area contributed by atoms with Gasteiger partial charge in [-0.3, -0.25) is 9.59 Å². The highest BCUT2D eigenvalue weighted by atomic mass is 16.5. The summed E-state index contributed by atoms with van der Waals surface area (Å²) in [6.45, 7) is 0.380. The molecule has 1 aliphatic rings. The molecule has 1 aromatic heterocycles. The molecular weight excluding hydrogens is 346 g/mol. The Morgan fingerprint density at radius 3 is 2.81 bits per heavy atom. The van der Waals surface area contributed by atoms with Crippen molar-refractivity contribution in [1.82, 2.24) is 9.88 Å². The molecule has 3 aromatic rings. The number of benzene rings is 2. The van der Waals surface area contributed by atoms with Crippen molar-refractivity contribution in [2.24, 2.45) is 12.8 Å². The lowest BCUT2D eigenvalue weighted by Crippen LogP contribution is -2.31. The monoisotopic (exact) mass is 367 g/mol. The van der Waals surface area contributed by atoms with Crippen molar-refractivity contribution in [2.45, 2.75) is 18.9 Å². The number of ether oxygens (including phenoxy) is 2. The average Bonchev–Trinajstić information content (AvgIpc) is 3.23. The first-order valence-electron chi connectivity index (χ1n) is 8.79. The van der Waals surface area contributed by atoms with Crippen LogP contribution in [0.5, 0.6) is 11.5 Å². The number of carbonyl (C=O) groups excluding carboxylic acids is 2. The van der Waals surface area contributed by atoms with Gasteiger partial charge in [-0.1, -0.05) is 0 Å². The number of aryl methyl sites for hydroxylation is 1. The van der Waals surface area contributed by atoms with Gasteiger partial charge in [0.2, 0.25) is 5.91 Å². The average molecular weight is 367 g/mol. The van der Waals surface area contributed by atoms with Crippen molar-refractivity contribution in [3.8, 4) is 11.5 Å². The lowest BCUT2D eigenvalue weighted by atomic mass is 10.0. The van der Waals surface area contributed by atoms with Gasteiger partial charge in [0, 0.05) is 30.4 Å². The number of nitrogens with one attached hydrogen (secondary N) is 1. The summed E-state index contributed by atoms with van der Waals surface area (Å²) in [6.07, 6.45) is 3.24. The number of aromatic nitrogens is 1. The van der Waals surface area contributed by atoms with Gasteiger partial charge in [0.15, 0.2) is 5.75 Å². The zero-order chi connectivity index (χ0) is 19.1. The number of hydrogen-bond donors (Lipinski definition) is 2. The molecular formula is C20H21N3O4. The fourth-order valence-electron chi connectivity index (χ4n) is 3.66. The van der Waals surface area contributed by atoms with Gasteiger partial charge in [-0.2, -0.15) is 0 Å². The number of nitrogens with two attached hydrogens (primary N) is 1. The number of rotatable bonds is 5. The standard InChI is InChI=1S/C20H21N3O4/c1-23-6-5-11-7-12-8-15(20(21)25)16(26-2)9-14(12)19(18(11)23)27-10-13-3-4-17(24)22-13/h5-9,13H,3-4,10H2,1-2H3,(H2,21,25)(H,22,24). The molecule has 1 unspecified atom stereocenters. The maximum atomic E-state index is 11.8. The van der Waals surface area contributed by atoms with E-state index in [9.17, 15) is 9.59 Å². The number of nitrogens with zero attached hydrogens (tertiary/aromatic N) is 1. The third kappa shape index (κ3) is 2.95. The van der Waals surface area contributed by atoms with E-state index in [1.165, 1.54) is 7.11 Å². The molecule has 0 bridgehead atoms. The van der Waals surface area contributed by atoms with E-state index < -0.39 is 5.91 Å². The second-order valence-corrected chi connectivity index (χ2v) is 6.82. The van der Waals surface area contributed by atoms with Crippen molar-refractivity contribution < 1.29 is 19.1 Å². The molecule has 2 aromatic carbocycles. The van der Waals surface area contributed by atoms with Crippen molar-refractivity contribution in [1.29, 1.82) is 0 Å². The highest BCUT2D eigenvalue weighted by molar-refractivity contribution is 6.08. The summed E-state index contributed by atoms with van der Waals surface area (Å²) >= 11 is 0. The molecule has 0 radical (unpaired) electrons. The van der Waals surface area contributed by atoms with Gasteiger partial charge in [0.1, 0.15) is 12.4 Å². The number of primary amides is 1. The van der Waals surface area contributed by atoms with Gasteiger partial charge < -0.3 is 25.1 Å². The Morgan fingerprint density at radius 1 is 1.33 bits per heavy atom. The zero-order valence-corrected chi connectivity index (χ0v) is 15.2. The fourth-order valence-corrected chi connectivity index (χ4v) is 3.66. The van der Waals surface area contributed by atoms with E-state index in [4.69, 9.17) is 15.2 Å². The molecule has 7 nitrogen and oxygen atoms in total. The number of fused-ring (bicyclic) bond motifs is 2. The lowest BCUT2D eigenvalue weighted by Gasteiger charge is -2.17. The summed E-state index contributed by atoms with van der Waals surface area (Å²) in [5.41, 5.74) is 6.77. The first-order valence-corrected chi connectivity index (χ1v) is 8.79. The summed E-state index contributed by atoms with van der Waals surface area (Å²) < 4.78 is 13.6. The normalized spacial score (nSPS) is 16.7. The molecule has 4 rings (SSSR count). The predicted octanol–water partition coefficient (Wildman–Crippen LogP) is 2.10. The Labute approximate surface area is 156 Å². The van der Waals surface area contributed by atoms with Crippen molar-refractivity contribution >= 4 is 33.5 Å². The molecule has 1 aliphatic heterocycles. The highest BCUT2D eigenvalue weighted by Crippen LogP contribution is 2.38. The Kier molecular flexibility index (Phi) is 4.14. The molecule has 1 saturated heterocycles. The molecule has 0 spiro atoms. The maximum Gasteiger partial charge on any atom is 0.252 e. The first kappa shape index (κ1) is 17.2. The lowest BCUT2D eigenvalue weighted by molar-refractivity contribution is -0.119. The number of amides is 2. The van der Waals surface area contributed by atoms with E-state index in [1.807, 2.05) is 29.9 Å². The van der Waals surface area contributed by atoms with Crippen LogP contribution in [0.25, 0.3) is 21.7 Å². The first-order chi connectivity index (χ1) is 13.0. The van der Waals surface area contributed by atoms with Crippen LogP contribution in [0.4, 0.5) is 0 Å². The molecule has 2 amide bonds. The highest BCUT2D eigenvalue weighted by Gasteiger charge is 2.23. The molecule has 1 atom stereocenters. The molecule has 27 heavy (non-hydrogen) atoms. The van der Waals surface area contributed by atoms with Crippen LogP contribution < -0.4 is 20.5 Å². The quantitative estimate of drug-likeness (QED) is 0.722. The maximum absolute atomic E-state index is 11.8. The predicted molar refractivity (Wildman–Crippen MR) is 102 cm³/mol. The minimum absolute atomic E-state index is 0.00476. The van der Waals surface area contributed by atoms with Gasteiger partial charge in [-0.25, -0.2) is 0 Å². The Morgan fingerprint density at radius 2 is 2.15 bits per heavy atom. The minimum Gasteiger partial charge on any atom is -0.496 e. The van der Waals surface area contributed by atoms with E-state index in [-0.39, 0.29) is 11.9 Å². The van der Waals surface area contributed by atoms with Crippen LogP contribution >= 0.6 is 0 Å². The van der Waals surface area contributed by atoms with Crippen molar-refractivity contribution in [3.05, 3.63) is 36.0 Å². The van der Waals surface area contributed by atoms with Gasteiger partial charge in [0.25, 0.3) is 5.91 Å². The smallest absolute Gasteiger partial charge is 0.252 e. The van der Waals surface area contributed by atoms with Crippen LogP contribution in [-0.2, 0) is 11.8 Å². The summed E-state index contributed by atoms with van der Waals surface area (Å²) in [7, 11) is 3.45. The van der Waals surface area contributed by atoms with Crippen LogP contribution in [0.2, 0.25) is 0 Å². The van der Waals surface area contributed by atoms with E-state index in [0.717, 1.165) is 28.1 Å². The van der Waals surface area contributed by atoms with E-state index in [1.54, 1.807) is 12.1 Å². The molecule has 0 aliphatic carbocycles. The molecule has 0 saturated carbocycles. The van der Waals surface area contributed by atoms with Crippen LogP contribution in [0, 0.1) is 0 Å². The van der Waals surface area contributed by atoms with Crippen LogP contribution in [0.1, 0.15) is 23.2 Å². The zero-order valence-electron chi connectivity index (χ0n) is 15.2. The molecule has 2 heterocycles. The van der Waals surface area contributed by atoms with E-state index >= 15 is 0 Å². The number of methoxy groups -OCH3 is 1. The van der Waals surface area contributed by atoms with Crippen molar-refractivity contribution in [2.75, 3.05) is 13.7 Å². The minimum atomic E-state index is -0.543. The molecule has 7 heteroatoms. The van der Waals surface area contributed by atoms with Crippen LogP contribution in [-0.4, -0.2) is 36.1 Å². The fraction of sp³-hybridized carbons (Fsp3) is 0.300. The topological polar surface area (TPSA) is 95.6 Å². The molecule has 1 fully saturated rings. The number of hydrogen-bond acceptors (Lipinski definition) is 4.